The summed E-state index contributed by atoms with van der Waals surface area (Å²) >= 11 is -0.105. The van der Waals surface area contributed by atoms with Crippen molar-refractivity contribution in [2.45, 2.75) is 0 Å². The van der Waals surface area contributed by atoms with Gasteiger partial charge in [-0.1, -0.05) is 0 Å². The molecule has 2 heteroatoms. The minimum absolute atomic E-state index is 0.105. The molecule has 0 unspecified atom stereocenters. The van der Waals surface area contributed by atoms with Crippen LogP contribution in [0.1, 0.15) is 10.4 Å². The van der Waals surface area contributed by atoms with Crippen molar-refractivity contribution in [3.8, 4) is 0 Å². The molecule has 0 amide bonds. The van der Waals surface area contributed by atoms with Crippen LogP contribution in [-0.2, 0) is 0 Å². The Bertz CT molecular complexity index is 389. The van der Waals surface area contributed by atoms with E-state index in [9.17, 15) is 4.79 Å². The molecule has 2 rings (SSSR count). The van der Waals surface area contributed by atoms with E-state index in [4.69, 9.17) is 0 Å². The zero-order chi connectivity index (χ0) is 7.68. The van der Waals surface area contributed by atoms with Gasteiger partial charge >= 0.3 is 74.2 Å². The van der Waals surface area contributed by atoms with Crippen LogP contribution in [0.5, 0.6) is 0 Å². The molecule has 54 valence electrons. The number of hydrogen-bond acceptors (Lipinski definition) is 1. The van der Waals surface area contributed by atoms with Gasteiger partial charge in [0.05, 0.1) is 0 Å². The molecule has 0 saturated carbocycles. The number of benzene rings is 1. The molecular formula is C9H6OTe. The third kappa shape index (κ3) is 1.24. The summed E-state index contributed by atoms with van der Waals surface area (Å²) in [5.41, 5.74) is 0.803. The van der Waals surface area contributed by atoms with E-state index >= 15 is 0 Å². The van der Waals surface area contributed by atoms with Gasteiger partial charge in [-0.25, -0.2) is 0 Å². The molecule has 0 saturated heterocycles. The van der Waals surface area contributed by atoms with Gasteiger partial charge in [0.1, 0.15) is 0 Å². The molecule has 0 bridgehead atoms. The van der Waals surface area contributed by atoms with Crippen molar-refractivity contribution in [3.63, 3.8) is 0 Å². The van der Waals surface area contributed by atoms with Crippen LogP contribution in [0, 0.1) is 0 Å². The minimum atomic E-state index is -0.105. The molecule has 0 spiro atoms. The Morgan fingerprint density at radius 1 is 1.27 bits per heavy atom. The molecule has 0 atom stereocenters. The van der Waals surface area contributed by atoms with Crippen LogP contribution < -0.4 is 0 Å². The quantitative estimate of drug-likeness (QED) is 0.562. The average Bonchev–Trinajstić information content (AvgIpc) is 2.50. The van der Waals surface area contributed by atoms with Gasteiger partial charge in [-0.05, 0) is 0 Å². The van der Waals surface area contributed by atoms with Crippen LogP contribution in [0.15, 0.2) is 28.3 Å². The first kappa shape index (κ1) is 7.09. The second-order valence-electron chi connectivity index (χ2n) is 2.34. The maximum absolute atomic E-state index is 10.4. The summed E-state index contributed by atoms with van der Waals surface area (Å²) in [6, 6.07) is 8.04. The number of rotatable bonds is 1. The van der Waals surface area contributed by atoms with Crippen LogP contribution in [0.4, 0.5) is 0 Å². The fourth-order valence-electron chi connectivity index (χ4n) is 1.04. The van der Waals surface area contributed by atoms with Crippen molar-refractivity contribution in [1.82, 2.24) is 0 Å². The summed E-state index contributed by atoms with van der Waals surface area (Å²) in [7, 11) is 0. The predicted molar refractivity (Wildman–Crippen MR) is 46.3 cm³/mol. The number of carbonyl (C=O) groups is 1. The summed E-state index contributed by atoms with van der Waals surface area (Å²) in [4.78, 5) is 10.4. The summed E-state index contributed by atoms with van der Waals surface area (Å²) in [6.07, 6.45) is 0.908. The SMILES string of the molecule is O=Cc1ccc2cc[te]c2c1. The zero-order valence-electron chi connectivity index (χ0n) is 5.78. The van der Waals surface area contributed by atoms with Gasteiger partial charge in [-0.15, -0.1) is 0 Å². The van der Waals surface area contributed by atoms with Crippen molar-refractivity contribution < 1.29 is 4.79 Å². The van der Waals surface area contributed by atoms with E-state index < -0.39 is 0 Å². The van der Waals surface area contributed by atoms with Crippen LogP contribution in [-0.4, -0.2) is 26.7 Å². The molecule has 2 aromatic rings. The summed E-state index contributed by atoms with van der Waals surface area (Å²) in [5, 5.41) is 1.30. The van der Waals surface area contributed by atoms with Gasteiger partial charge in [-0.2, -0.15) is 0 Å². The molecule has 1 nitrogen and oxygen atoms in total. The molecule has 0 radical (unpaired) electrons. The maximum atomic E-state index is 10.4. The molecule has 1 heterocycles. The van der Waals surface area contributed by atoms with Crippen molar-refractivity contribution in [3.05, 3.63) is 33.9 Å². The summed E-state index contributed by atoms with van der Waals surface area (Å²) < 4.78 is 3.63. The first-order valence-electron chi connectivity index (χ1n) is 3.32. The van der Waals surface area contributed by atoms with E-state index in [0.29, 0.717) is 0 Å². The first-order chi connectivity index (χ1) is 5.40. The van der Waals surface area contributed by atoms with Crippen LogP contribution in [0.25, 0.3) is 8.79 Å². The van der Waals surface area contributed by atoms with Crippen molar-refractivity contribution in [2.24, 2.45) is 0 Å². The normalized spacial score (nSPS) is 10.2. The Morgan fingerprint density at radius 3 is 3.00 bits per heavy atom. The average molecular weight is 258 g/mol. The molecule has 1 aromatic carbocycles. The second-order valence-corrected chi connectivity index (χ2v) is 5.04. The van der Waals surface area contributed by atoms with Crippen LogP contribution in [0.3, 0.4) is 0 Å². The fourth-order valence-corrected chi connectivity index (χ4v) is 3.44. The molecule has 0 N–H and O–H groups in total. The number of fused-ring (bicyclic) bond motifs is 1. The van der Waals surface area contributed by atoms with Crippen molar-refractivity contribution in [2.75, 3.05) is 0 Å². The molecule has 0 fully saturated rings. The first-order valence-corrected chi connectivity index (χ1v) is 5.83. The van der Waals surface area contributed by atoms with Crippen LogP contribution >= 0.6 is 0 Å². The molecule has 11 heavy (non-hydrogen) atoms. The Kier molecular flexibility index (Phi) is 1.81. The Morgan fingerprint density at radius 2 is 2.18 bits per heavy atom. The molecule has 0 aliphatic rings. The third-order valence-corrected chi connectivity index (χ3v) is 4.13. The number of aldehydes is 1. The topological polar surface area (TPSA) is 17.1 Å². The Balaban J connectivity index is 2.76. The second kappa shape index (κ2) is 2.81. The molecule has 1 aromatic heterocycles. The predicted octanol–water partition coefficient (Wildman–Crippen LogP) is 1.71. The van der Waals surface area contributed by atoms with Gasteiger partial charge in [-0.3, -0.25) is 0 Å². The summed E-state index contributed by atoms with van der Waals surface area (Å²) in [5.74, 6) is 0. The standard InChI is InChI=1S/C9H6OTe/c10-6-7-1-2-8-3-4-11-9(8)5-7/h1-6H. The van der Waals surface area contributed by atoms with Gasteiger partial charge < -0.3 is 0 Å². The van der Waals surface area contributed by atoms with E-state index in [1.807, 2.05) is 18.2 Å². The molecular weight excluding hydrogens is 252 g/mol. The van der Waals surface area contributed by atoms with E-state index in [1.54, 1.807) is 0 Å². The van der Waals surface area contributed by atoms with E-state index in [1.165, 1.54) is 8.79 Å². The van der Waals surface area contributed by atoms with Gasteiger partial charge in [0, 0.05) is 0 Å². The fraction of sp³-hybridized carbons (Fsp3) is 0. The van der Waals surface area contributed by atoms with Gasteiger partial charge in [0.25, 0.3) is 0 Å². The van der Waals surface area contributed by atoms with Crippen molar-refractivity contribution >= 4 is 35.5 Å². The molecule has 0 aliphatic heterocycles. The number of carbonyl (C=O) groups excluding carboxylic acids is 1. The van der Waals surface area contributed by atoms with E-state index in [0.717, 1.165) is 11.8 Å². The molecule has 0 aliphatic carbocycles. The zero-order valence-corrected chi connectivity index (χ0v) is 8.11. The van der Waals surface area contributed by atoms with Gasteiger partial charge in [0.2, 0.25) is 0 Å². The number of hydrogen-bond donors (Lipinski definition) is 0. The third-order valence-electron chi connectivity index (χ3n) is 1.62. The summed E-state index contributed by atoms with van der Waals surface area (Å²) in [6.45, 7) is 0. The Labute approximate surface area is 74.3 Å². The van der Waals surface area contributed by atoms with Crippen LogP contribution in [0.2, 0.25) is 0 Å². The van der Waals surface area contributed by atoms with Crippen molar-refractivity contribution in [1.29, 1.82) is 0 Å². The monoisotopic (exact) mass is 260 g/mol. The van der Waals surface area contributed by atoms with Gasteiger partial charge in [0.15, 0.2) is 0 Å². The van der Waals surface area contributed by atoms with E-state index in [-0.39, 0.29) is 20.4 Å². The Hall–Kier alpha value is -0.580. The van der Waals surface area contributed by atoms with E-state index in [2.05, 4.69) is 10.1 Å².